The van der Waals surface area contributed by atoms with E-state index in [1.165, 1.54) is 22.9 Å². The molecule has 0 aliphatic heterocycles. The van der Waals surface area contributed by atoms with Gasteiger partial charge in [0.05, 0.1) is 16.4 Å². The molecule has 3 rings (SSSR count). The van der Waals surface area contributed by atoms with Crippen LogP contribution in [-0.2, 0) is 4.79 Å². The topological polar surface area (TPSA) is 153 Å². The highest BCUT2D eigenvalue weighted by Crippen LogP contribution is 2.24. The molecule has 11 nitrogen and oxygen atoms in total. The zero-order valence-corrected chi connectivity index (χ0v) is 16.7. The van der Waals surface area contributed by atoms with Gasteiger partial charge in [0.25, 0.3) is 11.6 Å². The zero-order chi connectivity index (χ0) is 20.8. The van der Waals surface area contributed by atoms with Crippen LogP contribution in [0.4, 0.5) is 17.3 Å². The summed E-state index contributed by atoms with van der Waals surface area (Å²) in [5, 5.41) is 27.8. The Labute approximate surface area is 173 Å². The molecule has 0 saturated heterocycles. The molecule has 150 valence electrons. The summed E-state index contributed by atoms with van der Waals surface area (Å²) >= 11 is 2.59. The Balaban J connectivity index is 1.58. The number of hydrazone groups is 1. The average molecular weight is 432 g/mol. The monoisotopic (exact) mass is 432 g/mol. The summed E-state index contributed by atoms with van der Waals surface area (Å²) in [7, 11) is 0. The number of benzene rings is 1. The molecule has 1 amide bonds. The first-order valence-electron chi connectivity index (χ1n) is 8.16. The van der Waals surface area contributed by atoms with Gasteiger partial charge >= 0.3 is 0 Å². The molecule has 0 bridgehead atoms. The molecule has 0 radical (unpaired) electrons. The number of nitro benzene ring substituents is 1. The fraction of sp³-hybridized carbons (Fsp3) is 0.125. The first-order valence-corrected chi connectivity index (χ1v) is 10.0. The second-order valence-electron chi connectivity index (χ2n) is 5.57. The third-order valence-corrected chi connectivity index (χ3v) is 5.49. The SMILES string of the molecule is C/C(=N\Nc1nnc(SCC(=O)Nc2ccccc2[N+](=O)[O-])n1N)c1cccs1. The van der Waals surface area contributed by atoms with Gasteiger partial charge in [0.1, 0.15) is 5.69 Å². The van der Waals surface area contributed by atoms with Gasteiger partial charge in [0.15, 0.2) is 0 Å². The number of nitrogens with two attached hydrogens (primary N) is 1. The predicted molar refractivity (Wildman–Crippen MR) is 113 cm³/mol. The number of para-hydroxylation sites is 2. The average Bonchev–Trinajstić information content (AvgIpc) is 3.35. The zero-order valence-electron chi connectivity index (χ0n) is 15.1. The normalized spacial score (nSPS) is 11.3. The first kappa shape index (κ1) is 20.3. The van der Waals surface area contributed by atoms with E-state index in [2.05, 4.69) is 26.0 Å². The van der Waals surface area contributed by atoms with E-state index >= 15 is 0 Å². The number of nitrogens with one attached hydrogen (secondary N) is 2. The van der Waals surface area contributed by atoms with Crippen molar-refractivity contribution in [2.75, 3.05) is 22.3 Å². The van der Waals surface area contributed by atoms with E-state index in [4.69, 9.17) is 5.84 Å². The van der Waals surface area contributed by atoms with Gasteiger partial charge in [-0.3, -0.25) is 14.9 Å². The number of nitrogen functional groups attached to an aromatic ring is 1. The highest BCUT2D eigenvalue weighted by molar-refractivity contribution is 7.99. The third-order valence-electron chi connectivity index (χ3n) is 3.57. The molecule has 0 fully saturated rings. The standard InChI is InChI=1S/C16H16N8O3S2/c1-10(13-7-4-8-28-13)19-20-15-21-22-16(23(15)17)29-9-14(25)18-11-5-2-3-6-12(11)24(26)27/h2-8H,9,17H2,1H3,(H,18,25)(H,20,21)/b19-10+. The maximum atomic E-state index is 12.1. The number of amides is 1. The van der Waals surface area contributed by atoms with E-state index in [1.807, 2.05) is 24.4 Å². The van der Waals surface area contributed by atoms with Gasteiger partial charge in [-0.2, -0.15) is 5.10 Å². The van der Waals surface area contributed by atoms with Crippen LogP contribution in [0.15, 0.2) is 52.0 Å². The van der Waals surface area contributed by atoms with Crippen molar-refractivity contribution >= 4 is 52.0 Å². The van der Waals surface area contributed by atoms with Crippen molar-refractivity contribution in [3.63, 3.8) is 0 Å². The number of carbonyl (C=O) groups is 1. The van der Waals surface area contributed by atoms with E-state index < -0.39 is 10.8 Å². The van der Waals surface area contributed by atoms with Gasteiger partial charge in [0.2, 0.25) is 11.1 Å². The molecule has 4 N–H and O–H groups in total. The number of aromatic nitrogens is 3. The second-order valence-corrected chi connectivity index (χ2v) is 7.46. The minimum Gasteiger partial charge on any atom is -0.334 e. The lowest BCUT2D eigenvalue weighted by molar-refractivity contribution is -0.383. The van der Waals surface area contributed by atoms with E-state index in [9.17, 15) is 14.9 Å². The highest BCUT2D eigenvalue weighted by atomic mass is 32.2. The van der Waals surface area contributed by atoms with Crippen LogP contribution in [0.3, 0.4) is 0 Å². The molecule has 0 unspecified atom stereocenters. The van der Waals surface area contributed by atoms with Gasteiger partial charge in [-0.25, -0.2) is 10.1 Å². The van der Waals surface area contributed by atoms with Crippen molar-refractivity contribution in [1.29, 1.82) is 0 Å². The Hall–Kier alpha value is -3.45. The molecule has 0 spiro atoms. The molecule has 0 saturated carbocycles. The summed E-state index contributed by atoms with van der Waals surface area (Å²) in [6, 6.07) is 9.77. The smallest absolute Gasteiger partial charge is 0.292 e. The Morgan fingerprint density at radius 3 is 2.86 bits per heavy atom. The van der Waals surface area contributed by atoms with Crippen LogP contribution in [0.1, 0.15) is 11.8 Å². The number of rotatable bonds is 8. The lowest BCUT2D eigenvalue weighted by Crippen LogP contribution is -2.17. The quantitative estimate of drug-likeness (QED) is 0.161. The number of anilines is 2. The number of nitro groups is 1. The molecule has 2 heterocycles. The Morgan fingerprint density at radius 2 is 2.14 bits per heavy atom. The molecule has 0 aliphatic rings. The van der Waals surface area contributed by atoms with Crippen LogP contribution in [0.5, 0.6) is 0 Å². The molecule has 0 aliphatic carbocycles. The Bertz CT molecular complexity index is 1050. The van der Waals surface area contributed by atoms with Crippen LogP contribution in [0.2, 0.25) is 0 Å². The summed E-state index contributed by atoms with van der Waals surface area (Å²) in [5.41, 5.74) is 3.44. The molecular formula is C16H16N8O3S2. The van der Waals surface area contributed by atoms with Crippen LogP contribution in [-0.4, -0.2) is 37.2 Å². The summed E-state index contributed by atoms with van der Waals surface area (Å²) in [6.07, 6.45) is 0. The van der Waals surface area contributed by atoms with Gasteiger partial charge < -0.3 is 11.2 Å². The van der Waals surface area contributed by atoms with Gasteiger partial charge in [-0.05, 0) is 24.4 Å². The van der Waals surface area contributed by atoms with Crippen LogP contribution >= 0.6 is 23.1 Å². The fourth-order valence-electron chi connectivity index (χ4n) is 2.18. The van der Waals surface area contributed by atoms with Crippen molar-refractivity contribution in [3.05, 3.63) is 56.8 Å². The molecule has 2 aromatic heterocycles. The summed E-state index contributed by atoms with van der Waals surface area (Å²) in [5.74, 6) is 5.65. The number of thioether (sulfide) groups is 1. The Morgan fingerprint density at radius 1 is 1.34 bits per heavy atom. The molecule has 3 aromatic rings. The van der Waals surface area contributed by atoms with Crippen molar-refractivity contribution < 1.29 is 9.72 Å². The number of hydrogen-bond acceptors (Lipinski definition) is 10. The number of hydrogen-bond donors (Lipinski definition) is 3. The largest absolute Gasteiger partial charge is 0.334 e. The maximum absolute atomic E-state index is 12.1. The van der Waals surface area contributed by atoms with Crippen molar-refractivity contribution in [3.8, 4) is 0 Å². The third kappa shape index (κ3) is 5.08. The minimum atomic E-state index is -0.560. The molecular weight excluding hydrogens is 416 g/mol. The Kier molecular flexibility index (Phi) is 6.41. The van der Waals surface area contributed by atoms with E-state index in [0.717, 1.165) is 22.4 Å². The molecule has 13 heteroatoms. The lowest BCUT2D eigenvalue weighted by Gasteiger charge is -2.06. The minimum absolute atomic E-state index is 0.0567. The van der Waals surface area contributed by atoms with E-state index in [0.29, 0.717) is 0 Å². The number of thiophene rings is 1. The van der Waals surface area contributed by atoms with Crippen LogP contribution in [0.25, 0.3) is 0 Å². The summed E-state index contributed by atoms with van der Waals surface area (Å²) < 4.78 is 1.17. The lowest BCUT2D eigenvalue weighted by atomic mass is 10.2. The summed E-state index contributed by atoms with van der Waals surface area (Å²) in [6.45, 7) is 1.85. The highest BCUT2D eigenvalue weighted by Gasteiger charge is 2.16. The second kappa shape index (κ2) is 9.16. The molecule has 1 aromatic carbocycles. The van der Waals surface area contributed by atoms with Crippen LogP contribution < -0.4 is 16.6 Å². The van der Waals surface area contributed by atoms with Crippen molar-refractivity contribution in [2.24, 2.45) is 5.10 Å². The van der Waals surface area contributed by atoms with Gasteiger partial charge in [0, 0.05) is 10.9 Å². The molecule has 0 atom stereocenters. The predicted octanol–water partition coefficient (Wildman–Crippen LogP) is 2.53. The number of nitrogens with zero attached hydrogens (tertiary/aromatic N) is 5. The van der Waals surface area contributed by atoms with Gasteiger partial charge in [-0.1, -0.05) is 30.0 Å². The van der Waals surface area contributed by atoms with Gasteiger partial charge in [-0.15, -0.1) is 21.5 Å². The number of carbonyl (C=O) groups excluding carboxylic acids is 1. The van der Waals surface area contributed by atoms with Crippen LogP contribution in [0, 0.1) is 10.1 Å². The van der Waals surface area contributed by atoms with E-state index in [1.54, 1.807) is 17.4 Å². The maximum Gasteiger partial charge on any atom is 0.292 e. The van der Waals surface area contributed by atoms with Crippen molar-refractivity contribution in [1.82, 2.24) is 14.9 Å². The summed E-state index contributed by atoms with van der Waals surface area (Å²) in [4.78, 5) is 23.6. The van der Waals surface area contributed by atoms with E-state index in [-0.39, 0.29) is 28.2 Å². The van der Waals surface area contributed by atoms with Crippen molar-refractivity contribution in [2.45, 2.75) is 12.1 Å². The first-order chi connectivity index (χ1) is 14.0. The molecule has 29 heavy (non-hydrogen) atoms. The fourth-order valence-corrected chi connectivity index (χ4v) is 3.51.